The van der Waals surface area contributed by atoms with E-state index < -0.39 is 4.92 Å². The molecule has 24 heavy (non-hydrogen) atoms. The van der Waals surface area contributed by atoms with Gasteiger partial charge in [0.2, 0.25) is 0 Å². The number of nitro groups is 1. The highest BCUT2D eigenvalue weighted by Gasteiger charge is 2.22. The van der Waals surface area contributed by atoms with Gasteiger partial charge in [-0.3, -0.25) is 14.9 Å². The van der Waals surface area contributed by atoms with Gasteiger partial charge in [0.05, 0.1) is 11.5 Å². The Morgan fingerprint density at radius 3 is 2.79 bits per heavy atom. The molecule has 1 unspecified atom stereocenters. The van der Waals surface area contributed by atoms with Gasteiger partial charge in [0, 0.05) is 17.2 Å². The molecule has 3 rings (SSSR count). The third-order valence-electron chi connectivity index (χ3n) is 3.73. The lowest BCUT2D eigenvalue weighted by atomic mass is 10.1. The smallest absolute Gasteiger partial charge is 0.273 e. The van der Waals surface area contributed by atoms with Crippen LogP contribution in [0.3, 0.4) is 0 Å². The molecular weight excluding hydrogens is 312 g/mol. The minimum atomic E-state index is -0.499. The lowest BCUT2D eigenvalue weighted by Crippen LogP contribution is -2.40. The van der Waals surface area contributed by atoms with Crippen molar-refractivity contribution in [2.24, 2.45) is 0 Å². The van der Waals surface area contributed by atoms with Crippen LogP contribution in [0.2, 0.25) is 0 Å². The number of nitro benzene ring substituents is 1. The second-order valence-corrected chi connectivity index (χ2v) is 5.47. The van der Waals surface area contributed by atoms with Gasteiger partial charge in [-0.2, -0.15) is 0 Å². The van der Waals surface area contributed by atoms with Crippen molar-refractivity contribution in [1.82, 2.24) is 5.32 Å². The summed E-state index contributed by atoms with van der Waals surface area (Å²) < 4.78 is 11.3. The maximum atomic E-state index is 12.2. The summed E-state index contributed by atoms with van der Waals surface area (Å²) in [5.74, 6) is 0.920. The number of para-hydroxylation sites is 2. The van der Waals surface area contributed by atoms with Gasteiger partial charge in [0.1, 0.15) is 12.7 Å². The number of aryl methyl sites for hydroxylation is 1. The van der Waals surface area contributed by atoms with Crippen molar-refractivity contribution in [2.75, 3.05) is 13.2 Å². The molecule has 0 fully saturated rings. The standard InChI is InChI=1S/C17H16N2O5/c1-11-6-7-12(8-14(11)19(21)22)17(20)18-9-13-10-23-15-4-2-3-5-16(15)24-13/h2-8,13H,9-10H2,1H3,(H,18,20). The Labute approximate surface area is 138 Å². The lowest BCUT2D eigenvalue weighted by molar-refractivity contribution is -0.385. The van der Waals surface area contributed by atoms with E-state index >= 15 is 0 Å². The van der Waals surface area contributed by atoms with Crippen molar-refractivity contribution in [2.45, 2.75) is 13.0 Å². The van der Waals surface area contributed by atoms with Gasteiger partial charge in [-0.05, 0) is 25.1 Å². The number of benzene rings is 2. The van der Waals surface area contributed by atoms with Crippen LogP contribution in [0.5, 0.6) is 11.5 Å². The second kappa shape index (κ2) is 6.57. The zero-order chi connectivity index (χ0) is 17.1. The van der Waals surface area contributed by atoms with E-state index in [4.69, 9.17) is 9.47 Å². The highest BCUT2D eigenvalue weighted by molar-refractivity contribution is 5.95. The third kappa shape index (κ3) is 3.29. The maximum Gasteiger partial charge on any atom is 0.273 e. The number of ether oxygens (including phenoxy) is 2. The number of nitrogens with zero attached hydrogens (tertiary/aromatic N) is 1. The number of nitrogens with one attached hydrogen (secondary N) is 1. The molecule has 2 aromatic rings. The number of carbonyl (C=O) groups excluding carboxylic acids is 1. The first-order valence-electron chi connectivity index (χ1n) is 7.46. The third-order valence-corrected chi connectivity index (χ3v) is 3.73. The highest BCUT2D eigenvalue weighted by atomic mass is 16.6. The van der Waals surface area contributed by atoms with Gasteiger partial charge in [-0.1, -0.05) is 18.2 Å². The number of hydrogen-bond acceptors (Lipinski definition) is 5. The van der Waals surface area contributed by atoms with Crippen LogP contribution in [-0.2, 0) is 0 Å². The van der Waals surface area contributed by atoms with Crippen LogP contribution < -0.4 is 14.8 Å². The Balaban J connectivity index is 1.62. The van der Waals surface area contributed by atoms with Crippen LogP contribution in [0.1, 0.15) is 15.9 Å². The molecule has 0 bridgehead atoms. The SMILES string of the molecule is Cc1ccc(C(=O)NCC2COc3ccccc3O2)cc1[N+](=O)[O-]. The van der Waals surface area contributed by atoms with E-state index in [1.54, 1.807) is 25.1 Å². The Morgan fingerprint density at radius 2 is 2.04 bits per heavy atom. The minimum Gasteiger partial charge on any atom is -0.486 e. The molecule has 1 atom stereocenters. The number of rotatable bonds is 4. The Morgan fingerprint density at radius 1 is 1.29 bits per heavy atom. The summed E-state index contributed by atoms with van der Waals surface area (Å²) in [5.41, 5.74) is 0.676. The first kappa shape index (κ1) is 15.8. The average molecular weight is 328 g/mol. The van der Waals surface area contributed by atoms with Crippen molar-refractivity contribution < 1.29 is 19.2 Å². The van der Waals surface area contributed by atoms with Crippen molar-refractivity contribution in [1.29, 1.82) is 0 Å². The van der Waals surface area contributed by atoms with Crippen LogP contribution in [0.4, 0.5) is 5.69 Å². The molecule has 7 nitrogen and oxygen atoms in total. The molecule has 1 amide bonds. The Bertz CT molecular complexity index is 790. The largest absolute Gasteiger partial charge is 0.486 e. The summed E-state index contributed by atoms with van der Waals surface area (Å²) >= 11 is 0. The fourth-order valence-electron chi connectivity index (χ4n) is 2.42. The molecular formula is C17H16N2O5. The summed E-state index contributed by atoms with van der Waals surface area (Å²) in [6.07, 6.45) is -0.315. The van der Waals surface area contributed by atoms with Crippen LogP contribution in [0.15, 0.2) is 42.5 Å². The monoisotopic (exact) mass is 328 g/mol. The molecule has 0 radical (unpaired) electrons. The van der Waals surface area contributed by atoms with E-state index in [9.17, 15) is 14.9 Å². The van der Waals surface area contributed by atoms with Crippen molar-refractivity contribution in [3.05, 3.63) is 63.7 Å². The summed E-state index contributed by atoms with van der Waals surface area (Å²) in [6.45, 7) is 2.20. The molecule has 7 heteroatoms. The predicted octanol–water partition coefficient (Wildman–Crippen LogP) is 2.47. The first-order chi connectivity index (χ1) is 11.5. The van der Waals surface area contributed by atoms with Crippen LogP contribution >= 0.6 is 0 Å². The first-order valence-corrected chi connectivity index (χ1v) is 7.46. The van der Waals surface area contributed by atoms with Crippen molar-refractivity contribution >= 4 is 11.6 Å². The zero-order valence-corrected chi connectivity index (χ0v) is 13.0. The fourth-order valence-corrected chi connectivity index (χ4v) is 2.42. The molecule has 1 N–H and O–H groups in total. The number of hydrogen-bond donors (Lipinski definition) is 1. The van der Waals surface area contributed by atoms with E-state index in [1.807, 2.05) is 18.2 Å². The van der Waals surface area contributed by atoms with Gasteiger partial charge >= 0.3 is 0 Å². The van der Waals surface area contributed by atoms with Gasteiger partial charge in [-0.25, -0.2) is 0 Å². The molecule has 1 aliphatic heterocycles. The summed E-state index contributed by atoms with van der Waals surface area (Å²) in [7, 11) is 0. The molecule has 0 saturated carbocycles. The number of amides is 1. The van der Waals surface area contributed by atoms with Crippen LogP contribution in [0, 0.1) is 17.0 Å². The quantitative estimate of drug-likeness (QED) is 0.688. The Kier molecular flexibility index (Phi) is 4.33. The molecule has 0 aromatic heterocycles. The molecule has 1 aliphatic rings. The average Bonchev–Trinajstić information content (AvgIpc) is 2.59. The molecule has 0 spiro atoms. The topological polar surface area (TPSA) is 90.7 Å². The minimum absolute atomic E-state index is 0.0752. The van der Waals surface area contributed by atoms with E-state index in [0.717, 1.165) is 0 Å². The fraction of sp³-hybridized carbons (Fsp3) is 0.235. The molecule has 1 heterocycles. The van der Waals surface area contributed by atoms with E-state index in [1.165, 1.54) is 6.07 Å². The summed E-state index contributed by atoms with van der Waals surface area (Å²) in [6, 6.07) is 11.7. The zero-order valence-electron chi connectivity index (χ0n) is 13.0. The molecule has 0 aliphatic carbocycles. The van der Waals surface area contributed by atoms with Gasteiger partial charge < -0.3 is 14.8 Å². The lowest BCUT2D eigenvalue weighted by Gasteiger charge is -2.26. The van der Waals surface area contributed by atoms with Crippen LogP contribution in [0.25, 0.3) is 0 Å². The van der Waals surface area contributed by atoms with Gasteiger partial charge in [0.15, 0.2) is 11.5 Å². The summed E-state index contributed by atoms with van der Waals surface area (Å²) in [4.78, 5) is 22.6. The molecule has 124 valence electrons. The molecule has 0 saturated heterocycles. The Hall–Kier alpha value is -3.09. The normalized spacial score (nSPS) is 15.6. The van der Waals surface area contributed by atoms with Crippen molar-refractivity contribution in [3.63, 3.8) is 0 Å². The predicted molar refractivity (Wildman–Crippen MR) is 86.5 cm³/mol. The van der Waals surface area contributed by atoms with Crippen molar-refractivity contribution in [3.8, 4) is 11.5 Å². The van der Waals surface area contributed by atoms with E-state index in [0.29, 0.717) is 23.7 Å². The van der Waals surface area contributed by atoms with Gasteiger partial charge in [-0.15, -0.1) is 0 Å². The maximum absolute atomic E-state index is 12.2. The van der Waals surface area contributed by atoms with Gasteiger partial charge in [0.25, 0.3) is 11.6 Å². The molecule has 2 aromatic carbocycles. The number of carbonyl (C=O) groups is 1. The summed E-state index contributed by atoms with van der Waals surface area (Å²) in [5, 5.41) is 13.7. The second-order valence-electron chi connectivity index (χ2n) is 5.47. The highest BCUT2D eigenvalue weighted by Crippen LogP contribution is 2.30. The van der Waals surface area contributed by atoms with Crippen LogP contribution in [-0.4, -0.2) is 30.1 Å². The van der Waals surface area contributed by atoms with E-state index in [2.05, 4.69) is 5.32 Å². The number of fused-ring (bicyclic) bond motifs is 1. The van der Waals surface area contributed by atoms with E-state index in [-0.39, 0.29) is 29.8 Å².